The molecule has 0 amide bonds. The third-order valence-electron chi connectivity index (χ3n) is 2.41. The summed E-state index contributed by atoms with van der Waals surface area (Å²) in [6.07, 6.45) is -2.75. The summed E-state index contributed by atoms with van der Waals surface area (Å²) in [5, 5.41) is 8.24. The Morgan fingerprint density at radius 2 is 1.90 bits per heavy atom. The topological polar surface area (TPSA) is 49.8 Å². The molecule has 0 aliphatic rings. The summed E-state index contributed by atoms with van der Waals surface area (Å²) >= 11 is 1.43. The monoisotopic (exact) mass is 302 g/mol. The van der Waals surface area contributed by atoms with Gasteiger partial charge in [-0.1, -0.05) is 0 Å². The van der Waals surface area contributed by atoms with E-state index in [-0.39, 0.29) is 11.6 Å². The van der Waals surface area contributed by atoms with Crippen molar-refractivity contribution in [3.05, 3.63) is 34.3 Å². The molecule has 2 rings (SSSR count). The molecule has 2 aromatic heterocycles. The van der Waals surface area contributed by atoms with Crippen molar-refractivity contribution in [1.29, 1.82) is 0 Å². The second-order valence-electron chi connectivity index (χ2n) is 3.93. The first-order chi connectivity index (χ1) is 9.49. The lowest BCUT2D eigenvalue weighted by molar-refractivity contribution is -0.137. The Morgan fingerprint density at radius 1 is 1.20 bits per heavy atom. The van der Waals surface area contributed by atoms with E-state index in [9.17, 15) is 13.2 Å². The van der Waals surface area contributed by atoms with Gasteiger partial charge in [0.25, 0.3) is 0 Å². The number of alkyl halides is 3. The number of nitrogens with zero attached hydrogens (tertiary/aromatic N) is 2. The van der Waals surface area contributed by atoms with Gasteiger partial charge in [-0.15, -0.1) is 11.3 Å². The summed E-state index contributed by atoms with van der Waals surface area (Å²) in [5.74, 6) is 0.370. The fraction of sp³-hybridized carbons (Fsp3) is 0.333. The van der Waals surface area contributed by atoms with Gasteiger partial charge in [0.1, 0.15) is 16.6 Å². The van der Waals surface area contributed by atoms with Gasteiger partial charge < -0.3 is 10.6 Å². The van der Waals surface area contributed by atoms with Crippen LogP contribution in [-0.2, 0) is 12.7 Å². The molecule has 0 saturated heterocycles. The van der Waals surface area contributed by atoms with E-state index in [2.05, 4.69) is 20.6 Å². The van der Waals surface area contributed by atoms with E-state index in [4.69, 9.17) is 0 Å². The fourth-order valence-corrected chi connectivity index (χ4v) is 2.12. The smallest absolute Gasteiger partial charge is 0.370 e. The average Bonchev–Trinajstić information content (AvgIpc) is 2.88. The number of rotatable bonds is 5. The van der Waals surface area contributed by atoms with Gasteiger partial charge in [-0.05, 0) is 19.1 Å². The molecular formula is C12H13F3N4S. The maximum Gasteiger partial charge on any atom is 0.416 e. The summed E-state index contributed by atoms with van der Waals surface area (Å²) < 4.78 is 38.4. The number of thiazole rings is 1. The van der Waals surface area contributed by atoms with Crippen molar-refractivity contribution in [3.63, 3.8) is 0 Å². The van der Waals surface area contributed by atoms with E-state index in [1.54, 1.807) is 18.5 Å². The highest BCUT2D eigenvalue weighted by Gasteiger charge is 2.31. The van der Waals surface area contributed by atoms with Crippen LogP contribution in [0.15, 0.2) is 23.7 Å². The highest BCUT2D eigenvalue weighted by molar-refractivity contribution is 7.09. The number of hydrogen-bond acceptors (Lipinski definition) is 5. The summed E-state index contributed by atoms with van der Waals surface area (Å²) in [7, 11) is 0. The lowest BCUT2D eigenvalue weighted by Gasteiger charge is -2.12. The highest BCUT2D eigenvalue weighted by atomic mass is 32.1. The number of pyridine rings is 1. The number of hydrogen-bond donors (Lipinski definition) is 2. The predicted octanol–water partition coefficient (Wildman–Crippen LogP) is 3.60. The van der Waals surface area contributed by atoms with Gasteiger partial charge in [0.15, 0.2) is 0 Å². The van der Waals surface area contributed by atoms with Crippen LogP contribution in [0.3, 0.4) is 0 Å². The van der Waals surface area contributed by atoms with Crippen molar-refractivity contribution in [2.45, 2.75) is 19.6 Å². The molecule has 0 aromatic carbocycles. The molecule has 4 nitrogen and oxygen atoms in total. The van der Waals surface area contributed by atoms with Crippen LogP contribution in [0.1, 0.15) is 17.5 Å². The largest absolute Gasteiger partial charge is 0.416 e. The maximum absolute atomic E-state index is 12.8. The highest BCUT2D eigenvalue weighted by Crippen LogP contribution is 2.32. The second kappa shape index (κ2) is 6.08. The fourth-order valence-electron chi connectivity index (χ4n) is 1.56. The minimum Gasteiger partial charge on any atom is -0.370 e. The molecule has 0 unspecified atom stereocenters. The molecule has 108 valence electrons. The molecule has 20 heavy (non-hydrogen) atoms. The minimum absolute atomic E-state index is 0.172. The van der Waals surface area contributed by atoms with Crippen LogP contribution < -0.4 is 10.6 Å². The van der Waals surface area contributed by atoms with Gasteiger partial charge in [-0.3, -0.25) is 0 Å². The molecule has 2 heterocycles. The number of anilines is 2. The van der Waals surface area contributed by atoms with Crippen molar-refractivity contribution in [1.82, 2.24) is 9.97 Å². The van der Waals surface area contributed by atoms with Crippen LogP contribution in [-0.4, -0.2) is 16.5 Å². The van der Waals surface area contributed by atoms with Gasteiger partial charge >= 0.3 is 6.18 Å². The van der Waals surface area contributed by atoms with E-state index in [0.29, 0.717) is 13.1 Å². The molecule has 0 fully saturated rings. The number of nitrogens with one attached hydrogen (secondary N) is 2. The molecule has 2 N–H and O–H groups in total. The Bertz CT molecular complexity index is 554. The Kier molecular flexibility index (Phi) is 4.43. The molecule has 0 atom stereocenters. The Labute approximate surface area is 118 Å². The standard InChI is InChI=1S/C12H13F3N4S/c1-2-16-9-5-8(12(13,14)15)6-10(19-9)18-7-11-17-3-4-20-11/h3-6H,2,7H2,1H3,(H2,16,18,19). The minimum atomic E-state index is -4.40. The lowest BCUT2D eigenvalue weighted by Crippen LogP contribution is -2.10. The van der Waals surface area contributed by atoms with E-state index in [0.717, 1.165) is 17.1 Å². The van der Waals surface area contributed by atoms with Gasteiger partial charge in [-0.2, -0.15) is 13.2 Å². The number of aromatic nitrogens is 2. The summed E-state index contributed by atoms with van der Waals surface area (Å²) in [5.41, 5.74) is -0.731. The first-order valence-electron chi connectivity index (χ1n) is 5.94. The maximum atomic E-state index is 12.8. The van der Waals surface area contributed by atoms with Gasteiger partial charge in [0.05, 0.1) is 12.1 Å². The van der Waals surface area contributed by atoms with E-state index in [1.807, 2.05) is 0 Å². The van der Waals surface area contributed by atoms with Crippen LogP contribution in [0, 0.1) is 0 Å². The Balaban J connectivity index is 2.20. The normalized spacial score (nSPS) is 11.4. The van der Waals surface area contributed by atoms with Crippen molar-refractivity contribution in [2.75, 3.05) is 17.2 Å². The molecule has 8 heteroatoms. The molecule has 0 aliphatic carbocycles. The zero-order chi connectivity index (χ0) is 14.6. The second-order valence-corrected chi connectivity index (χ2v) is 4.91. The molecular weight excluding hydrogens is 289 g/mol. The van der Waals surface area contributed by atoms with E-state index >= 15 is 0 Å². The molecule has 0 radical (unpaired) electrons. The number of halogens is 3. The van der Waals surface area contributed by atoms with E-state index in [1.165, 1.54) is 11.3 Å². The third kappa shape index (κ3) is 3.83. The van der Waals surface area contributed by atoms with Crippen molar-refractivity contribution in [2.24, 2.45) is 0 Å². The van der Waals surface area contributed by atoms with Gasteiger partial charge in [0.2, 0.25) is 0 Å². The molecule has 0 spiro atoms. The summed E-state index contributed by atoms with van der Waals surface area (Å²) in [4.78, 5) is 8.14. The quantitative estimate of drug-likeness (QED) is 0.886. The van der Waals surface area contributed by atoms with Crippen LogP contribution in [0.25, 0.3) is 0 Å². The van der Waals surface area contributed by atoms with Crippen molar-refractivity contribution >= 4 is 23.0 Å². The van der Waals surface area contributed by atoms with Crippen molar-refractivity contribution in [3.8, 4) is 0 Å². The first kappa shape index (κ1) is 14.6. The summed E-state index contributed by atoms with van der Waals surface area (Å²) in [6.45, 7) is 2.64. The van der Waals surface area contributed by atoms with Gasteiger partial charge in [-0.25, -0.2) is 9.97 Å². The average molecular weight is 302 g/mol. The Morgan fingerprint density at radius 3 is 2.45 bits per heavy atom. The molecule has 0 aliphatic heterocycles. The van der Waals surface area contributed by atoms with Crippen molar-refractivity contribution < 1.29 is 13.2 Å². The molecule has 0 saturated carbocycles. The zero-order valence-corrected chi connectivity index (χ0v) is 11.5. The van der Waals surface area contributed by atoms with Gasteiger partial charge in [0, 0.05) is 18.1 Å². The zero-order valence-electron chi connectivity index (χ0n) is 10.7. The van der Waals surface area contributed by atoms with E-state index < -0.39 is 11.7 Å². The Hall–Kier alpha value is -1.83. The van der Waals surface area contributed by atoms with Crippen LogP contribution >= 0.6 is 11.3 Å². The molecule has 2 aromatic rings. The van der Waals surface area contributed by atoms with Crippen LogP contribution in [0.5, 0.6) is 0 Å². The molecule has 0 bridgehead atoms. The lowest BCUT2D eigenvalue weighted by atomic mass is 10.2. The predicted molar refractivity (Wildman–Crippen MR) is 72.8 cm³/mol. The van der Waals surface area contributed by atoms with Crippen LogP contribution in [0.2, 0.25) is 0 Å². The SMILES string of the molecule is CCNc1cc(C(F)(F)F)cc(NCc2nccs2)n1. The van der Waals surface area contributed by atoms with Crippen LogP contribution in [0.4, 0.5) is 24.8 Å². The first-order valence-corrected chi connectivity index (χ1v) is 6.82. The summed E-state index contributed by atoms with van der Waals surface area (Å²) in [6, 6.07) is 1.99. The third-order valence-corrected chi connectivity index (χ3v) is 3.19.